The molecular weight excluding hydrogens is 488 g/mol. The van der Waals surface area contributed by atoms with Gasteiger partial charge in [-0.15, -0.1) is 0 Å². The number of amides is 2. The number of carbonyl (C=O) groups excluding carboxylic acids is 2. The summed E-state index contributed by atoms with van der Waals surface area (Å²) in [5.74, 6) is 1.30. The van der Waals surface area contributed by atoms with Crippen LogP contribution < -0.4 is 14.8 Å². The number of hydrogen-bond acceptors (Lipinski definition) is 4. The first kappa shape index (κ1) is 28.2. The van der Waals surface area contributed by atoms with Crippen LogP contribution in [0, 0.1) is 0 Å². The molecule has 1 saturated carbocycles. The zero-order valence-corrected chi connectivity index (χ0v) is 23.3. The van der Waals surface area contributed by atoms with Gasteiger partial charge >= 0.3 is 0 Å². The molecule has 1 fully saturated rings. The highest BCUT2D eigenvalue weighted by Gasteiger charge is 2.32. The summed E-state index contributed by atoms with van der Waals surface area (Å²) in [5, 5.41) is 3.24. The lowest BCUT2D eigenvalue weighted by Crippen LogP contribution is -2.53. The zero-order valence-electron chi connectivity index (χ0n) is 23.3. The van der Waals surface area contributed by atoms with Gasteiger partial charge < -0.3 is 19.7 Å². The SMILES string of the molecule is COc1cccc(CN(C(=O)COc2ccccc2C(C)C)[C@H](Cc2ccccc2)C(=O)NC2CCCC2)c1. The largest absolute Gasteiger partial charge is 0.497 e. The molecule has 6 nitrogen and oxygen atoms in total. The van der Waals surface area contributed by atoms with Crippen molar-refractivity contribution in [3.8, 4) is 11.5 Å². The van der Waals surface area contributed by atoms with E-state index in [9.17, 15) is 9.59 Å². The number of benzene rings is 3. The van der Waals surface area contributed by atoms with Crippen molar-refractivity contribution < 1.29 is 19.1 Å². The fourth-order valence-corrected chi connectivity index (χ4v) is 5.20. The summed E-state index contributed by atoms with van der Waals surface area (Å²) in [6, 6.07) is 24.8. The summed E-state index contributed by atoms with van der Waals surface area (Å²) in [7, 11) is 1.62. The highest BCUT2D eigenvalue weighted by Crippen LogP contribution is 2.26. The van der Waals surface area contributed by atoms with Crippen LogP contribution in [0.1, 0.15) is 62.1 Å². The number of hydrogen-bond donors (Lipinski definition) is 1. The van der Waals surface area contributed by atoms with Gasteiger partial charge in [0.1, 0.15) is 17.5 Å². The van der Waals surface area contributed by atoms with E-state index in [1.165, 1.54) is 0 Å². The number of para-hydroxylation sites is 1. The standard InChI is InChI=1S/C33H40N2O4/c1-24(2)29-18-9-10-19-31(29)39-23-32(36)35(22-26-14-11-17-28(20-26)38-3)30(21-25-12-5-4-6-13-25)33(37)34-27-15-7-8-16-27/h4-6,9-14,17-20,24,27,30H,7-8,15-16,21-23H2,1-3H3,(H,34,37)/t30-/m1/s1. The van der Waals surface area contributed by atoms with Crippen molar-refractivity contribution in [3.63, 3.8) is 0 Å². The maximum absolute atomic E-state index is 13.9. The van der Waals surface area contributed by atoms with Crippen molar-refractivity contribution in [2.24, 2.45) is 0 Å². The first-order chi connectivity index (χ1) is 18.9. The average molecular weight is 529 g/mol. The molecule has 2 amide bonds. The van der Waals surface area contributed by atoms with Crippen molar-refractivity contribution >= 4 is 11.8 Å². The number of nitrogens with zero attached hydrogens (tertiary/aromatic N) is 1. The molecule has 0 aliphatic heterocycles. The van der Waals surface area contributed by atoms with Gasteiger partial charge in [-0.05, 0) is 53.6 Å². The molecule has 1 aliphatic carbocycles. The van der Waals surface area contributed by atoms with E-state index in [0.717, 1.165) is 42.4 Å². The van der Waals surface area contributed by atoms with Crippen molar-refractivity contribution in [3.05, 3.63) is 95.6 Å². The molecule has 0 unspecified atom stereocenters. The van der Waals surface area contributed by atoms with Crippen LogP contribution in [0.2, 0.25) is 0 Å². The van der Waals surface area contributed by atoms with Crippen LogP contribution in [-0.4, -0.2) is 42.5 Å². The van der Waals surface area contributed by atoms with Crippen LogP contribution >= 0.6 is 0 Å². The van der Waals surface area contributed by atoms with E-state index in [4.69, 9.17) is 9.47 Å². The number of nitrogens with one attached hydrogen (secondary N) is 1. The lowest BCUT2D eigenvalue weighted by Gasteiger charge is -2.32. The molecule has 4 rings (SSSR count). The van der Waals surface area contributed by atoms with Gasteiger partial charge in [0, 0.05) is 19.0 Å². The van der Waals surface area contributed by atoms with Gasteiger partial charge in [0.25, 0.3) is 5.91 Å². The van der Waals surface area contributed by atoms with E-state index >= 15 is 0 Å². The van der Waals surface area contributed by atoms with E-state index < -0.39 is 6.04 Å². The molecule has 0 bridgehead atoms. The minimum Gasteiger partial charge on any atom is -0.497 e. The minimum absolute atomic E-state index is 0.121. The smallest absolute Gasteiger partial charge is 0.261 e. The molecule has 1 atom stereocenters. The Hall–Kier alpha value is -3.80. The third-order valence-electron chi connectivity index (χ3n) is 7.35. The zero-order chi connectivity index (χ0) is 27.6. The Morgan fingerprint density at radius 3 is 2.33 bits per heavy atom. The molecule has 0 spiro atoms. The number of methoxy groups -OCH3 is 1. The predicted octanol–water partition coefficient (Wildman–Crippen LogP) is 5.90. The average Bonchev–Trinajstić information content (AvgIpc) is 3.47. The monoisotopic (exact) mass is 528 g/mol. The highest BCUT2D eigenvalue weighted by atomic mass is 16.5. The molecule has 0 aromatic heterocycles. The summed E-state index contributed by atoms with van der Waals surface area (Å²) in [6.07, 6.45) is 4.59. The lowest BCUT2D eigenvalue weighted by atomic mass is 10.0. The molecule has 1 aliphatic rings. The molecule has 1 N–H and O–H groups in total. The predicted molar refractivity (Wildman–Crippen MR) is 154 cm³/mol. The van der Waals surface area contributed by atoms with E-state index in [1.54, 1.807) is 12.0 Å². The van der Waals surface area contributed by atoms with Crippen molar-refractivity contribution in [2.75, 3.05) is 13.7 Å². The summed E-state index contributed by atoms with van der Waals surface area (Å²) < 4.78 is 11.5. The van der Waals surface area contributed by atoms with E-state index in [1.807, 2.05) is 78.9 Å². The van der Waals surface area contributed by atoms with Crippen molar-refractivity contribution in [2.45, 2.75) is 70.5 Å². The summed E-state index contributed by atoms with van der Waals surface area (Å²) >= 11 is 0. The van der Waals surface area contributed by atoms with E-state index in [2.05, 4.69) is 19.2 Å². The lowest BCUT2D eigenvalue weighted by molar-refractivity contribution is -0.143. The van der Waals surface area contributed by atoms with Gasteiger partial charge in [0.2, 0.25) is 5.91 Å². The Labute approximate surface area is 232 Å². The quantitative estimate of drug-likeness (QED) is 0.318. The Kier molecular flexibility index (Phi) is 10.0. The van der Waals surface area contributed by atoms with Crippen LogP contribution in [0.15, 0.2) is 78.9 Å². The summed E-state index contributed by atoms with van der Waals surface area (Å²) in [4.78, 5) is 29.4. The topological polar surface area (TPSA) is 67.9 Å². The third-order valence-corrected chi connectivity index (χ3v) is 7.35. The Morgan fingerprint density at radius 1 is 0.923 bits per heavy atom. The molecule has 0 heterocycles. The van der Waals surface area contributed by atoms with Crippen molar-refractivity contribution in [1.29, 1.82) is 0 Å². The van der Waals surface area contributed by atoms with Gasteiger partial charge in [0.15, 0.2) is 6.61 Å². The Bertz CT molecular complexity index is 1220. The molecule has 6 heteroatoms. The molecule has 39 heavy (non-hydrogen) atoms. The highest BCUT2D eigenvalue weighted by molar-refractivity contribution is 5.88. The van der Waals surface area contributed by atoms with Crippen LogP contribution in [0.3, 0.4) is 0 Å². The number of carbonyl (C=O) groups is 2. The fourth-order valence-electron chi connectivity index (χ4n) is 5.20. The molecule has 0 radical (unpaired) electrons. The second-order valence-corrected chi connectivity index (χ2v) is 10.5. The van der Waals surface area contributed by atoms with Crippen LogP contribution in [0.4, 0.5) is 0 Å². The first-order valence-corrected chi connectivity index (χ1v) is 13.9. The van der Waals surface area contributed by atoms with Crippen LogP contribution in [0.25, 0.3) is 0 Å². The number of rotatable bonds is 12. The molecule has 3 aromatic rings. The fraction of sp³-hybridized carbons (Fsp3) is 0.394. The van der Waals surface area contributed by atoms with Gasteiger partial charge in [0.05, 0.1) is 7.11 Å². The molecule has 3 aromatic carbocycles. The van der Waals surface area contributed by atoms with Crippen LogP contribution in [-0.2, 0) is 22.6 Å². The Balaban J connectivity index is 1.64. The molecule has 0 saturated heterocycles. The summed E-state index contributed by atoms with van der Waals surface area (Å²) in [5.41, 5.74) is 2.93. The first-order valence-electron chi connectivity index (χ1n) is 13.9. The van der Waals surface area contributed by atoms with Crippen LogP contribution in [0.5, 0.6) is 11.5 Å². The maximum atomic E-state index is 13.9. The normalized spacial score (nSPS) is 14.2. The van der Waals surface area contributed by atoms with Gasteiger partial charge in [-0.25, -0.2) is 0 Å². The third kappa shape index (κ3) is 7.85. The van der Waals surface area contributed by atoms with E-state index in [-0.39, 0.29) is 36.9 Å². The Morgan fingerprint density at radius 2 is 1.62 bits per heavy atom. The van der Waals surface area contributed by atoms with E-state index in [0.29, 0.717) is 17.9 Å². The molecule has 206 valence electrons. The van der Waals surface area contributed by atoms with Gasteiger partial charge in [-0.2, -0.15) is 0 Å². The van der Waals surface area contributed by atoms with Gasteiger partial charge in [-0.3, -0.25) is 9.59 Å². The van der Waals surface area contributed by atoms with Crippen molar-refractivity contribution in [1.82, 2.24) is 10.2 Å². The summed E-state index contributed by atoms with van der Waals surface area (Å²) in [6.45, 7) is 4.31. The van der Waals surface area contributed by atoms with Gasteiger partial charge in [-0.1, -0.05) is 87.4 Å². The second-order valence-electron chi connectivity index (χ2n) is 10.5. The maximum Gasteiger partial charge on any atom is 0.261 e. The molecular formula is C33H40N2O4. The minimum atomic E-state index is -0.685. The number of ether oxygens (including phenoxy) is 2. The second kappa shape index (κ2) is 13.8.